The van der Waals surface area contributed by atoms with E-state index in [0.717, 1.165) is 34.2 Å². The zero-order valence-electron chi connectivity index (χ0n) is 53.5. The molecule has 5 unspecified atom stereocenters. The van der Waals surface area contributed by atoms with Crippen molar-refractivity contribution in [3.8, 4) is 0 Å². The number of nitrogens with zero attached hydrogens (tertiary/aromatic N) is 12. The molecular formula is C49H62N20O31P5+. The highest BCUT2D eigenvalue weighted by Crippen LogP contribution is 2.55. The quantitative estimate of drug-likeness (QED) is 0.0222. The first-order chi connectivity index (χ1) is 49.6. The Bertz CT molecular complexity index is 5240. The van der Waals surface area contributed by atoms with Gasteiger partial charge in [-0.05, 0) is 13.0 Å². The number of aromatic amines is 4. The topological polar surface area (TPSA) is 720 Å². The highest BCUT2D eigenvalue weighted by Gasteiger charge is 2.50. The van der Waals surface area contributed by atoms with E-state index in [4.69, 9.17) is 87.3 Å². The molecule has 0 spiro atoms. The van der Waals surface area contributed by atoms with E-state index in [1.54, 1.807) is 0 Å². The van der Waals surface area contributed by atoms with Crippen LogP contribution in [0.2, 0.25) is 0 Å². The van der Waals surface area contributed by atoms with Gasteiger partial charge in [-0.25, -0.2) is 42.8 Å². The molecule has 18 N–H and O–H groups in total. The van der Waals surface area contributed by atoms with Gasteiger partial charge in [0.2, 0.25) is 17.8 Å². The Labute approximate surface area is 581 Å². The number of ether oxygens (including phenoxy) is 5. The van der Waals surface area contributed by atoms with Gasteiger partial charge >= 0.3 is 50.9 Å². The Morgan fingerprint density at radius 2 is 0.838 bits per heavy atom. The van der Waals surface area contributed by atoms with Crippen LogP contribution in [0.4, 0.5) is 23.7 Å². The Kier molecular flexibility index (Phi) is 21.3. The number of fused-ring (bicyclic) bond motifs is 3. The number of aliphatic hydroxyl groups excluding tert-OH is 1. The molecule has 0 aromatic carbocycles. The number of nitrogens with one attached hydrogen (secondary N) is 4. The first-order valence-electron chi connectivity index (χ1n) is 30.8. The fraction of sp³-hybridized carbons (Fsp3) is 0.531. The first-order valence-corrected chi connectivity index (χ1v) is 37.9. The van der Waals surface area contributed by atoms with Crippen LogP contribution in [0.15, 0.2) is 66.2 Å². The normalized spacial score (nSPS) is 28.9. The number of imidazole rings is 3. The maximum Gasteiger partial charge on any atom is 0.694 e. The van der Waals surface area contributed by atoms with Gasteiger partial charge in [0, 0.05) is 54.6 Å². The van der Waals surface area contributed by atoms with Crippen molar-refractivity contribution in [2.24, 2.45) is 0 Å². The van der Waals surface area contributed by atoms with Crippen LogP contribution in [0.25, 0.3) is 33.5 Å². The SMILES string of the molecule is Cc1cn([C@H]2C[C@H](OP(=O)(O)OC[C@H]3O[C@@H](n4ccc(N)nc4=O)C[C@@H]3OP(=O)(O)OC[C@H]3O[C@@H](n4cnc5c(=O)[nH]c(N)nc54)C[C@@H]3OP(=O)(O)OC[C@H]3O[C@@H](n4cnc5c(=O)[nH]c(N)nc54)C[C@@H]3O)[C@@H](COP(=O)(O)O[C@H]3C[C@H](n4cnc5c(=O)[nH]c(N)nc54)O[C@@H]3CO[P+](=O)O)O2)c(=O)[nH]c1=O. The number of H-pyrrole nitrogens is 4. The molecule has 13 heterocycles. The maximum atomic E-state index is 14.2. The zero-order chi connectivity index (χ0) is 74.9. The molecule has 0 aliphatic carbocycles. The van der Waals surface area contributed by atoms with E-state index in [1.165, 1.54) is 33.0 Å². The number of aryl methyl sites for hydroxylation is 1. The molecule has 0 bridgehead atoms. The Morgan fingerprint density at radius 1 is 0.495 bits per heavy atom. The van der Waals surface area contributed by atoms with Crippen LogP contribution in [0, 0.1) is 6.92 Å². The summed E-state index contributed by atoms with van der Waals surface area (Å²) in [5.74, 6) is -1.14. The standard InChI is InChI=1S/C49H61N20O31P5/c1-18-9-66(49(76)64-41(18)71)32-6-22(27(95-32)13-90-103(81,82)97-20-7-33(93-25(20)10-87-101(77)78)68-16-55-36-39(68)59-46(52)62-43(36)73)99-105(85,86)89-12-26-21(5-31(94-26)65-3-2-29(50)57-48(65)75)98-104(83,84)91-14-28-23(8-34(96-28)69-17-56-37-40(69)60-47(53)63-44(37)74)100-102(79,80)88-11-24-19(70)4-30(92-24)67-15-54-35-38(67)58-45(51)61-42(35)72/h2-3,9,15-17,19-28,30-34,70H,4-8,10-14H2,1H3,(H16-,50,51,52,53,57,58,59,60,61,62,63,64,71,72,73,74,75,76,77,78,79,80,81,82,83,84,85,86)/p+1/t19-,20-,21-,22-,23-,24+,25+,26+,27+,28+,30+,31+,32+,33+,34+/m0/s1. The third-order valence-electron chi connectivity index (χ3n) is 16.9. The largest absolute Gasteiger partial charge is 0.694 e. The zero-order valence-corrected chi connectivity index (χ0v) is 58.0. The van der Waals surface area contributed by atoms with Crippen LogP contribution in [0.5, 0.6) is 0 Å². The smallest absolute Gasteiger partial charge is 0.390 e. The van der Waals surface area contributed by atoms with E-state index in [0.29, 0.717) is 0 Å². The lowest BCUT2D eigenvalue weighted by atomic mass is 10.2. The van der Waals surface area contributed by atoms with Crippen molar-refractivity contribution in [3.63, 3.8) is 0 Å². The molecule has 0 radical (unpaired) electrons. The monoisotopic (exact) mass is 1580 g/mol. The minimum Gasteiger partial charge on any atom is -0.390 e. The van der Waals surface area contributed by atoms with Gasteiger partial charge in [-0.2, -0.15) is 19.9 Å². The lowest BCUT2D eigenvalue weighted by Crippen LogP contribution is -2.33. The van der Waals surface area contributed by atoms with Crippen molar-refractivity contribution < 1.29 is 117 Å². The summed E-state index contributed by atoms with van der Waals surface area (Å²) in [6.07, 6.45) is -19.0. The van der Waals surface area contributed by atoms with E-state index in [-0.39, 0.29) is 75.6 Å². The van der Waals surface area contributed by atoms with Crippen LogP contribution in [-0.2, 0) is 87.2 Å². The molecule has 5 fully saturated rings. The van der Waals surface area contributed by atoms with Gasteiger partial charge in [0.25, 0.3) is 22.2 Å². The minimum atomic E-state index is -5.59. The van der Waals surface area contributed by atoms with Crippen molar-refractivity contribution in [1.82, 2.24) is 77.7 Å². The van der Waals surface area contributed by atoms with Crippen LogP contribution in [0.1, 0.15) is 68.8 Å². The molecule has 5 aliphatic heterocycles. The van der Waals surface area contributed by atoms with Gasteiger partial charge in [-0.15, -0.1) is 9.42 Å². The van der Waals surface area contributed by atoms with E-state index in [1.807, 2.05) is 0 Å². The molecule has 8 aromatic heterocycles. The van der Waals surface area contributed by atoms with E-state index < -0.39 is 218 Å². The number of rotatable bonds is 28. The molecule has 0 amide bonds. The Balaban J connectivity index is 0.698. The van der Waals surface area contributed by atoms with Gasteiger partial charge in [-0.3, -0.25) is 98.1 Å². The Hall–Kier alpha value is -7.97. The first kappa shape index (κ1) is 75.3. The van der Waals surface area contributed by atoms with Gasteiger partial charge < -0.3 is 71.3 Å². The number of phosphoric ester groups is 4. The van der Waals surface area contributed by atoms with Crippen molar-refractivity contribution in [2.45, 2.75) is 131 Å². The van der Waals surface area contributed by atoms with E-state index in [2.05, 4.69) is 54.8 Å². The number of hydrogen-bond donors (Lipinski definition) is 14. The number of nitrogen functional groups attached to an aromatic ring is 4. The lowest BCUT2D eigenvalue weighted by Gasteiger charge is -2.25. The van der Waals surface area contributed by atoms with Crippen molar-refractivity contribution in [3.05, 3.63) is 105 Å². The van der Waals surface area contributed by atoms with Crippen LogP contribution in [-0.4, -0.2) is 201 Å². The highest BCUT2D eigenvalue weighted by atomic mass is 31.2. The molecule has 51 nitrogen and oxygen atoms in total. The number of phosphoric acid groups is 4. The maximum absolute atomic E-state index is 14.2. The molecule has 105 heavy (non-hydrogen) atoms. The molecule has 8 aromatic rings. The number of nitrogens with two attached hydrogens (primary N) is 4. The van der Waals surface area contributed by atoms with Crippen molar-refractivity contribution in [1.29, 1.82) is 0 Å². The summed E-state index contributed by atoms with van der Waals surface area (Å²) in [7, 11) is -25.1. The predicted molar refractivity (Wildman–Crippen MR) is 344 cm³/mol. The highest BCUT2D eigenvalue weighted by molar-refractivity contribution is 7.48. The third-order valence-corrected chi connectivity index (χ3v) is 21.3. The second kappa shape index (κ2) is 29.6. The van der Waals surface area contributed by atoms with Gasteiger partial charge in [0.1, 0.15) is 98.5 Å². The van der Waals surface area contributed by atoms with Crippen LogP contribution < -0.4 is 56.6 Å². The lowest BCUT2D eigenvalue weighted by molar-refractivity contribution is -0.0640. The average molecular weight is 1580 g/mol. The number of anilines is 4. The summed E-state index contributed by atoms with van der Waals surface area (Å²) in [4.78, 5) is 168. The molecule has 13 rings (SSSR count). The summed E-state index contributed by atoms with van der Waals surface area (Å²) < 4.78 is 152. The number of aromatic nitrogens is 16. The molecule has 56 heteroatoms. The van der Waals surface area contributed by atoms with Gasteiger partial charge in [0.05, 0.1) is 51.5 Å². The molecular weight excluding hydrogens is 1520 g/mol. The van der Waals surface area contributed by atoms with E-state index in [9.17, 15) is 81.2 Å². The molecule has 20 atom stereocenters. The minimum absolute atomic E-state index is 0.0000920. The summed E-state index contributed by atoms with van der Waals surface area (Å²) in [6, 6.07) is 1.19. The average Bonchev–Trinajstić information content (AvgIpc) is 1.65. The van der Waals surface area contributed by atoms with Gasteiger partial charge in [-0.1, -0.05) is 0 Å². The summed E-state index contributed by atoms with van der Waals surface area (Å²) in [5.41, 5.74) is 17.2. The third kappa shape index (κ3) is 16.8. The van der Waals surface area contributed by atoms with Gasteiger partial charge in [0.15, 0.2) is 33.5 Å². The summed E-state index contributed by atoms with van der Waals surface area (Å²) >= 11 is 0. The molecule has 0 saturated carbocycles. The van der Waals surface area contributed by atoms with Crippen molar-refractivity contribution in [2.75, 3.05) is 56.0 Å². The second-order valence-corrected chi connectivity index (χ2v) is 30.3. The van der Waals surface area contributed by atoms with Crippen molar-refractivity contribution >= 4 is 96.7 Å². The van der Waals surface area contributed by atoms with Crippen LogP contribution >= 0.6 is 39.5 Å². The van der Waals surface area contributed by atoms with Crippen LogP contribution in [0.3, 0.4) is 0 Å². The second-order valence-electron chi connectivity index (χ2n) is 23.9. The molecule has 568 valence electrons. The number of aliphatic hydroxyl groups is 1. The molecule has 5 aliphatic rings. The molecule has 5 saturated heterocycles. The Morgan fingerprint density at radius 3 is 1.22 bits per heavy atom. The summed E-state index contributed by atoms with van der Waals surface area (Å²) in [6.45, 7) is -3.44. The predicted octanol–water partition coefficient (Wildman–Crippen LogP) is -2.70. The summed E-state index contributed by atoms with van der Waals surface area (Å²) in [5, 5.41) is 11.0. The fourth-order valence-electron chi connectivity index (χ4n) is 12.1. The number of hydrogen-bond acceptors (Lipinski definition) is 37. The van der Waals surface area contributed by atoms with E-state index >= 15 is 0 Å². The fourth-order valence-corrected chi connectivity index (χ4v) is 16.2.